The summed E-state index contributed by atoms with van der Waals surface area (Å²) in [5, 5.41) is 21.1. The predicted molar refractivity (Wildman–Crippen MR) is 75.0 cm³/mol. The van der Waals surface area contributed by atoms with Gasteiger partial charge in [0, 0.05) is 10.7 Å². The first-order valence-electron chi connectivity index (χ1n) is 5.48. The first-order valence-corrected chi connectivity index (χ1v) is 6.27. The number of hydrogen-bond acceptors (Lipinski definition) is 4. The number of carboxylic acids is 1. The minimum absolute atomic E-state index is 0.00690. The lowest BCUT2D eigenvalue weighted by Crippen LogP contribution is -2.15. The van der Waals surface area contributed by atoms with Gasteiger partial charge in [-0.2, -0.15) is 0 Å². The van der Waals surface area contributed by atoms with E-state index in [2.05, 4.69) is 26.2 Å². The number of rotatable bonds is 3. The maximum Gasteiger partial charge on any atom is 0.339 e. The maximum atomic E-state index is 12.0. The quantitative estimate of drug-likeness (QED) is 0.748. The van der Waals surface area contributed by atoms with Crippen LogP contribution in [-0.2, 0) is 0 Å². The molecule has 1 aromatic carbocycles. The van der Waals surface area contributed by atoms with Crippen molar-refractivity contribution in [1.82, 2.24) is 4.98 Å². The minimum atomic E-state index is -1.28. The fraction of sp³-hybridized carbons (Fsp3) is 0. The maximum absolute atomic E-state index is 12.0. The van der Waals surface area contributed by atoms with Crippen molar-refractivity contribution in [2.45, 2.75) is 0 Å². The van der Waals surface area contributed by atoms with E-state index in [-0.39, 0.29) is 16.9 Å². The Morgan fingerprint density at radius 1 is 1.20 bits per heavy atom. The van der Waals surface area contributed by atoms with E-state index in [1.165, 1.54) is 24.4 Å². The van der Waals surface area contributed by atoms with Crippen LogP contribution in [0.3, 0.4) is 0 Å². The number of hydrogen-bond donors (Lipinski definition) is 3. The Morgan fingerprint density at radius 3 is 2.60 bits per heavy atom. The minimum Gasteiger partial charge on any atom is -0.505 e. The molecule has 0 aliphatic heterocycles. The van der Waals surface area contributed by atoms with Crippen LogP contribution in [0.5, 0.6) is 5.75 Å². The van der Waals surface area contributed by atoms with E-state index in [9.17, 15) is 14.7 Å². The molecule has 0 spiro atoms. The Hall–Kier alpha value is -2.41. The monoisotopic (exact) mass is 336 g/mol. The summed E-state index contributed by atoms with van der Waals surface area (Å²) in [6.07, 6.45) is 1.45. The molecule has 7 heteroatoms. The lowest BCUT2D eigenvalue weighted by atomic mass is 10.1. The van der Waals surface area contributed by atoms with Gasteiger partial charge in [-0.25, -0.2) is 9.78 Å². The number of nitrogens with zero attached hydrogens (tertiary/aromatic N) is 1. The molecule has 6 nitrogen and oxygen atoms in total. The van der Waals surface area contributed by atoms with Crippen molar-refractivity contribution in [1.29, 1.82) is 0 Å². The summed E-state index contributed by atoms with van der Waals surface area (Å²) in [6, 6.07) is 7.37. The summed E-state index contributed by atoms with van der Waals surface area (Å²) in [6.45, 7) is 0. The molecular weight excluding hydrogens is 328 g/mol. The van der Waals surface area contributed by atoms with Crippen LogP contribution in [0.15, 0.2) is 41.0 Å². The molecule has 2 aromatic rings. The van der Waals surface area contributed by atoms with Crippen molar-refractivity contribution in [2.24, 2.45) is 0 Å². The molecule has 1 heterocycles. The van der Waals surface area contributed by atoms with Crippen LogP contribution in [0.25, 0.3) is 0 Å². The average molecular weight is 337 g/mol. The van der Waals surface area contributed by atoms with Crippen LogP contribution in [0.2, 0.25) is 0 Å². The van der Waals surface area contributed by atoms with E-state index in [1.54, 1.807) is 12.1 Å². The number of para-hydroxylation sites is 1. The first-order chi connectivity index (χ1) is 9.50. The van der Waals surface area contributed by atoms with E-state index < -0.39 is 17.6 Å². The van der Waals surface area contributed by atoms with E-state index >= 15 is 0 Å². The summed E-state index contributed by atoms with van der Waals surface area (Å²) in [7, 11) is 0. The number of carbonyl (C=O) groups excluding carboxylic acids is 1. The third-order valence-corrected chi connectivity index (χ3v) is 3.13. The first kappa shape index (κ1) is 14.0. The number of benzene rings is 1. The molecule has 0 radical (unpaired) electrons. The van der Waals surface area contributed by atoms with Crippen molar-refractivity contribution in [3.05, 3.63) is 52.3 Å². The highest BCUT2D eigenvalue weighted by Crippen LogP contribution is 2.28. The summed E-state index contributed by atoms with van der Waals surface area (Å²) >= 11 is 3.19. The zero-order valence-electron chi connectivity index (χ0n) is 10.0. The van der Waals surface area contributed by atoms with Gasteiger partial charge < -0.3 is 15.5 Å². The van der Waals surface area contributed by atoms with Gasteiger partial charge >= 0.3 is 5.97 Å². The number of carbonyl (C=O) groups is 2. The van der Waals surface area contributed by atoms with Crippen molar-refractivity contribution in [3.63, 3.8) is 0 Å². The highest BCUT2D eigenvalue weighted by atomic mass is 79.9. The number of carboxylic acid groups (broad SMARTS) is 1. The summed E-state index contributed by atoms with van der Waals surface area (Å²) in [4.78, 5) is 26.8. The Morgan fingerprint density at radius 2 is 1.95 bits per heavy atom. The molecule has 20 heavy (non-hydrogen) atoms. The van der Waals surface area contributed by atoms with Crippen LogP contribution >= 0.6 is 15.9 Å². The van der Waals surface area contributed by atoms with Crippen LogP contribution in [0, 0.1) is 0 Å². The molecule has 0 atom stereocenters. The molecular formula is C13H9BrN2O4. The molecule has 0 aliphatic rings. The van der Waals surface area contributed by atoms with Gasteiger partial charge in [-0.15, -0.1) is 0 Å². The molecule has 3 N–H and O–H groups in total. The standard InChI is InChI=1S/C13H9BrN2O4/c14-8-4-2-6-15-10(8)12(18)16-9-5-1-3-7(11(9)17)13(19)20/h1-6,17H,(H,16,18)(H,19,20). The largest absolute Gasteiger partial charge is 0.505 e. The zero-order valence-corrected chi connectivity index (χ0v) is 11.6. The fourth-order valence-electron chi connectivity index (χ4n) is 1.55. The predicted octanol–water partition coefficient (Wildman–Crippen LogP) is 2.50. The van der Waals surface area contributed by atoms with Crippen molar-refractivity contribution >= 4 is 33.5 Å². The third kappa shape index (κ3) is 2.77. The van der Waals surface area contributed by atoms with Gasteiger partial charge in [-0.1, -0.05) is 6.07 Å². The molecule has 102 valence electrons. The smallest absolute Gasteiger partial charge is 0.339 e. The van der Waals surface area contributed by atoms with Crippen molar-refractivity contribution in [3.8, 4) is 5.75 Å². The molecule has 2 rings (SSSR count). The van der Waals surface area contributed by atoms with Gasteiger partial charge in [0.25, 0.3) is 5.91 Å². The lowest BCUT2D eigenvalue weighted by molar-refractivity contribution is 0.0693. The Bertz CT molecular complexity index is 688. The molecule has 1 aromatic heterocycles. The molecule has 0 saturated carbocycles. The molecule has 0 aliphatic carbocycles. The highest BCUT2D eigenvalue weighted by Gasteiger charge is 2.17. The van der Waals surface area contributed by atoms with E-state index in [4.69, 9.17) is 5.11 Å². The topological polar surface area (TPSA) is 99.5 Å². The van der Waals surface area contributed by atoms with Gasteiger partial charge in [0.15, 0.2) is 5.75 Å². The Labute approximate surface area is 122 Å². The summed E-state index contributed by atoms with van der Waals surface area (Å²) in [5.74, 6) is -2.34. The second kappa shape index (κ2) is 5.70. The van der Waals surface area contributed by atoms with Crippen LogP contribution in [0.1, 0.15) is 20.8 Å². The van der Waals surface area contributed by atoms with Gasteiger partial charge in [0.2, 0.25) is 0 Å². The molecule has 0 bridgehead atoms. The second-order valence-corrected chi connectivity index (χ2v) is 4.65. The van der Waals surface area contributed by atoms with Gasteiger partial charge in [0.1, 0.15) is 11.3 Å². The number of anilines is 1. The Kier molecular flexibility index (Phi) is 3.99. The van der Waals surface area contributed by atoms with Crippen LogP contribution < -0.4 is 5.32 Å². The second-order valence-electron chi connectivity index (χ2n) is 3.79. The highest BCUT2D eigenvalue weighted by molar-refractivity contribution is 9.10. The lowest BCUT2D eigenvalue weighted by Gasteiger charge is -2.09. The summed E-state index contributed by atoms with van der Waals surface area (Å²) in [5.41, 5.74) is -0.150. The number of pyridine rings is 1. The number of aromatic hydroxyl groups is 1. The van der Waals surface area contributed by atoms with Crippen molar-refractivity contribution < 1.29 is 19.8 Å². The van der Waals surface area contributed by atoms with Gasteiger partial charge in [-0.05, 0) is 40.2 Å². The Balaban J connectivity index is 2.32. The molecule has 1 amide bonds. The number of aromatic nitrogens is 1. The van der Waals surface area contributed by atoms with E-state index in [0.717, 1.165) is 0 Å². The fourth-order valence-corrected chi connectivity index (χ4v) is 1.99. The van der Waals surface area contributed by atoms with E-state index in [1.807, 2.05) is 0 Å². The van der Waals surface area contributed by atoms with Crippen molar-refractivity contribution in [2.75, 3.05) is 5.32 Å². The SMILES string of the molecule is O=C(O)c1cccc(NC(=O)c2ncccc2Br)c1O. The zero-order chi connectivity index (χ0) is 14.7. The van der Waals surface area contributed by atoms with Gasteiger partial charge in [-0.3, -0.25) is 4.79 Å². The third-order valence-electron chi connectivity index (χ3n) is 2.49. The molecule has 0 unspecified atom stereocenters. The van der Waals surface area contributed by atoms with Crippen LogP contribution in [-0.4, -0.2) is 27.1 Å². The number of amides is 1. The van der Waals surface area contributed by atoms with Gasteiger partial charge in [0.05, 0.1) is 5.69 Å². The van der Waals surface area contributed by atoms with Crippen LogP contribution in [0.4, 0.5) is 5.69 Å². The average Bonchev–Trinajstić information content (AvgIpc) is 2.41. The van der Waals surface area contributed by atoms with E-state index in [0.29, 0.717) is 4.47 Å². The molecule has 0 fully saturated rings. The number of phenols is 1. The normalized spacial score (nSPS) is 10.1. The number of nitrogens with one attached hydrogen (secondary N) is 1. The number of aromatic carboxylic acids is 1. The number of halogens is 1. The summed E-state index contributed by atoms with van der Waals surface area (Å²) < 4.78 is 0.492. The molecule has 0 saturated heterocycles.